The van der Waals surface area contributed by atoms with Gasteiger partial charge in [0.25, 0.3) is 0 Å². The highest BCUT2D eigenvalue weighted by Crippen LogP contribution is 2.28. The Morgan fingerprint density at radius 2 is 1.95 bits per heavy atom. The molecule has 3 nitrogen and oxygen atoms in total. The van der Waals surface area contributed by atoms with Crippen LogP contribution in [0.25, 0.3) is 10.9 Å². The summed E-state index contributed by atoms with van der Waals surface area (Å²) in [6.07, 6.45) is 1.71. The molecule has 0 saturated carbocycles. The maximum absolute atomic E-state index is 12.8. The Hall–Kier alpha value is -2.26. The number of carbonyl (C=O) groups is 1. The average Bonchev–Trinajstić information content (AvgIpc) is 2.89. The molecule has 0 aliphatic carbocycles. The summed E-state index contributed by atoms with van der Waals surface area (Å²) in [5.41, 5.74) is 3.04. The molecule has 1 aromatic heterocycles. The molecule has 0 unspecified atom stereocenters. The molecule has 0 radical (unpaired) electrons. The number of hydrogen-bond acceptors (Lipinski definition) is 2. The van der Waals surface area contributed by atoms with E-state index in [0.717, 1.165) is 16.5 Å². The van der Waals surface area contributed by atoms with Gasteiger partial charge in [0, 0.05) is 27.7 Å². The van der Waals surface area contributed by atoms with Gasteiger partial charge in [0.15, 0.2) is 5.78 Å². The van der Waals surface area contributed by atoms with Gasteiger partial charge in [-0.15, -0.1) is 0 Å². The Morgan fingerprint density at radius 3 is 2.71 bits per heavy atom. The van der Waals surface area contributed by atoms with E-state index in [0.29, 0.717) is 21.9 Å². The minimum Gasteiger partial charge on any atom is -0.496 e. The van der Waals surface area contributed by atoms with E-state index >= 15 is 0 Å². The molecular weight excluding hydrogens is 286 g/mol. The lowest BCUT2D eigenvalue weighted by Crippen LogP contribution is -2.03. The van der Waals surface area contributed by atoms with Crippen LogP contribution in [0.1, 0.15) is 21.5 Å². The van der Waals surface area contributed by atoms with Crippen LogP contribution >= 0.6 is 11.6 Å². The van der Waals surface area contributed by atoms with Gasteiger partial charge in [-0.1, -0.05) is 23.2 Å². The Bertz CT molecular complexity index is 836. The van der Waals surface area contributed by atoms with Crippen molar-refractivity contribution in [1.29, 1.82) is 0 Å². The largest absolute Gasteiger partial charge is 0.496 e. The van der Waals surface area contributed by atoms with Gasteiger partial charge in [0.2, 0.25) is 0 Å². The first-order chi connectivity index (χ1) is 10.1. The molecule has 4 heteroatoms. The molecule has 0 saturated heterocycles. The molecule has 0 aliphatic rings. The Balaban J connectivity index is 2.17. The van der Waals surface area contributed by atoms with E-state index in [1.165, 1.54) is 0 Å². The van der Waals surface area contributed by atoms with Gasteiger partial charge in [-0.25, -0.2) is 0 Å². The number of halogens is 1. The summed E-state index contributed by atoms with van der Waals surface area (Å²) in [5.74, 6) is 0.492. The second-order valence-corrected chi connectivity index (χ2v) is 5.36. The van der Waals surface area contributed by atoms with Crippen LogP contribution in [-0.4, -0.2) is 17.9 Å². The predicted octanol–water partition coefficient (Wildman–Crippen LogP) is 4.37. The molecule has 0 aliphatic heterocycles. The van der Waals surface area contributed by atoms with Crippen molar-refractivity contribution < 1.29 is 9.53 Å². The number of aromatic nitrogens is 1. The second kappa shape index (κ2) is 5.26. The van der Waals surface area contributed by atoms with Crippen LogP contribution in [0.15, 0.2) is 42.6 Å². The number of aryl methyl sites for hydroxylation is 1. The zero-order valence-electron chi connectivity index (χ0n) is 11.7. The van der Waals surface area contributed by atoms with Crippen LogP contribution in [0, 0.1) is 6.92 Å². The van der Waals surface area contributed by atoms with Crippen LogP contribution in [0.3, 0.4) is 0 Å². The van der Waals surface area contributed by atoms with Crippen molar-refractivity contribution in [3.05, 3.63) is 64.3 Å². The van der Waals surface area contributed by atoms with E-state index in [4.69, 9.17) is 16.3 Å². The Morgan fingerprint density at radius 1 is 1.14 bits per heavy atom. The minimum atomic E-state index is -0.0796. The van der Waals surface area contributed by atoms with E-state index in [2.05, 4.69) is 4.98 Å². The van der Waals surface area contributed by atoms with Crippen LogP contribution in [-0.2, 0) is 0 Å². The highest BCUT2D eigenvalue weighted by Gasteiger charge is 2.18. The first-order valence-corrected chi connectivity index (χ1v) is 6.94. The fraction of sp³-hybridized carbons (Fsp3) is 0.118. The number of fused-ring (bicyclic) bond motifs is 1. The van der Waals surface area contributed by atoms with Crippen molar-refractivity contribution in [2.45, 2.75) is 6.92 Å². The third-order valence-electron chi connectivity index (χ3n) is 3.49. The standard InChI is InChI=1S/C17H14ClNO2/c1-10-3-6-16(21-2)13(7-10)17(20)14-9-19-15-5-4-11(18)8-12(14)15/h3-9,19H,1-2H3. The van der Waals surface area contributed by atoms with Crippen molar-refractivity contribution in [2.75, 3.05) is 7.11 Å². The average molecular weight is 300 g/mol. The molecule has 21 heavy (non-hydrogen) atoms. The quantitative estimate of drug-likeness (QED) is 0.730. The number of nitrogens with one attached hydrogen (secondary N) is 1. The summed E-state index contributed by atoms with van der Waals surface area (Å²) in [6.45, 7) is 1.95. The maximum Gasteiger partial charge on any atom is 0.198 e. The number of carbonyl (C=O) groups excluding carboxylic acids is 1. The Labute approximate surface area is 127 Å². The van der Waals surface area contributed by atoms with Gasteiger partial charge >= 0.3 is 0 Å². The lowest BCUT2D eigenvalue weighted by molar-refractivity contribution is 0.103. The van der Waals surface area contributed by atoms with E-state index in [1.54, 1.807) is 25.4 Å². The van der Waals surface area contributed by atoms with Gasteiger partial charge in [0.1, 0.15) is 5.75 Å². The molecule has 3 rings (SSSR count). The normalized spacial score (nSPS) is 10.8. The fourth-order valence-electron chi connectivity index (χ4n) is 2.43. The van der Waals surface area contributed by atoms with Gasteiger partial charge in [0.05, 0.1) is 12.7 Å². The molecule has 0 fully saturated rings. The Kier molecular flexibility index (Phi) is 3.43. The summed E-state index contributed by atoms with van der Waals surface area (Å²) in [5, 5.41) is 1.42. The SMILES string of the molecule is COc1ccc(C)cc1C(=O)c1c[nH]c2ccc(Cl)cc12. The van der Waals surface area contributed by atoms with Crippen LogP contribution in [0.4, 0.5) is 0 Å². The van der Waals surface area contributed by atoms with E-state index in [-0.39, 0.29) is 5.78 Å². The smallest absolute Gasteiger partial charge is 0.198 e. The molecule has 1 heterocycles. The molecule has 106 valence electrons. The van der Waals surface area contributed by atoms with Crippen molar-refractivity contribution in [2.24, 2.45) is 0 Å². The topological polar surface area (TPSA) is 42.1 Å². The number of ether oxygens (including phenoxy) is 1. The molecule has 0 atom stereocenters. The maximum atomic E-state index is 12.8. The summed E-state index contributed by atoms with van der Waals surface area (Å²) < 4.78 is 5.30. The number of rotatable bonds is 3. The summed E-state index contributed by atoms with van der Waals surface area (Å²) in [4.78, 5) is 15.9. The number of H-pyrrole nitrogens is 1. The zero-order chi connectivity index (χ0) is 15.0. The second-order valence-electron chi connectivity index (χ2n) is 4.93. The molecular formula is C17H14ClNO2. The van der Waals surface area contributed by atoms with Crippen molar-refractivity contribution in [3.8, 4) is 5.75 Å². The number of methoxy groups -OCH3 is 1. The monoisotopic (exact) mass is 299 g/mol. The highest BCUT2D eigenvalue weighted by atomic mass is 35.5. The number of hydrogen-bond donors (Lipinski definition) is 1. The summed E-state index contributed by atoms with van der Waals surface area (Å²) >= 11 is 6.03. The number of benzene rings is 2. The molecule has 0 bridgehead atoms. The molecule has 1 N–H and O–H groups in total. The van der Waals surface area contributed by atoms with Crippen molar-refractivity contribution >= 4 is 28.3 Å². The van der Waals surface area contributed by atoms with Crippen LogP contribution in [0.5, 0.6) is 5.75 Å². The zero-order valence-corrected chi connectivity index (χ0v) is 12.5. The summed E-state index contributed by atoms with van der Waals surface area (Å²) in [7, 11) is 1.56. The molecule has 0 amide bonds. The van der Waals surface area contributed by atoms with Gasteiger partial charge in [-0.3, -0.25) is 4.79 Å². The van der Waals surface area contributed by atoms with Crippen molar-refractivity contribution in [1.82, 2.24) is 4.98 Å². The van der Waals surface area contributed by atoms with E-state index in [9.17, 15) is 4.79 Å². The van der Waals surface area contributed by atoms with E-state index < -0.39 is 0 Å². The van der Waals surface area contributed by atoms with Gasteiger partial charge < -0.3 is 9.72 Å². The predicted molar refractivity (Wildman–Crippen MR) is 84.5 cm³/mol. The third-order valence-corrected chi connectivity index (χ3v) is 3.72. The first-order valence-electron chi connectivity index (χ1n) is 6.56. The van der Waals surface area contributed by atoms with Gasteiger partial charge in [-0.2, -0.15) is 0 Å². The van der Waals surface area contributed by atoms with E-state index in [1.807, 2.05) is 31.2 Å². The van der Waals surface area contributed by atoms with Gasteiger partial charge in [-0.05, 0) is 37.3 Å². The van der Waals surface area contributed by atoms with Crippen LogP contribution < -0.4 is 4.74 Å². The third kappa shape index (κ3) is 2.41. The molecule has 2 aromatic carbocycles. The molecule has 0 spiro atoms. The number of aromatic amines is 1. The van der Waals surface area contributed by atoms with Crippen molar-refractivity contribution in [3.63, 3.8) is 0 Å². The highest BCUT2D eigenvalue weighted by molar-refractivity contribution is 6.31. The fourth-order valence-corrected chi connectivity index (χ4v) is 2.60. The lowest BCUT2D eigenvalue weighted by Gasteiger charge is -2.08. The molecule has 3 aromatic rings. The number of ketones is 1. The first kappa shape index (κ1) is 13.7. The lowest BCUT2D eigenvalue weighted by atomic mass is 10.00. The van der Waals surface area contributed by atoms with Crippen LogP contribution in [0.2, 0.25) is 5.02 Å². The minimum absolute atomic E-state index is 0.0796. The summed E-state index contributed by atoms with van der Waals surface area (Å²) in [6, 6.07) is 11.0.